The summed E-state index contributed by atoms with van der Waals surface area (Å²) in [7, 11) is 0. The van der Waals surface area contributed by atoms with Gasteiger partial charge in [-0.05, 0) is 25.5 Å². The van der Waals surface area contributed by atoms with E-state index in [1.54, 1.807) is 6.07 Å². The molecule has 1 aromatic rings. The van der Waals surface area contributed by atoms with Crippen LogP contribution in [0.1, 0.15) is 13.3 Å². The molecule has 2 unspecified atom stereocenters. The van der Waals surface area contributed by atoms with Crippen LogP contribution in [0.3, 0.4) is 0 Å². The van der Waals surface area contributed by atoms with Gasteiger partial charge < -0.3 is 10.0 Å². The number of hydrogen-bond acceptors (Lipinski definition) is 3. The van der Waals surface area contributed by atoms with E-state index in [9.17, 15) is 5.11 Å². The zero-order chi connectivity index (χ0) is 10.8. The van der Waals surface area contributed by atoms with Crippen molar-refractivity contribution in [1.82, 2.24) is 4.98 Å². The second-order valence-corrected chi connectivity index (χ2v) is 4.44. The average molecular weight is 227 g/mol. The Morgan fingerprint density at radius 1 is 1.60 bits per heavy atom. The summed E-state index contributed by atoms with van der Waals surface area (Å²) in [4.78, 5) is 6.43. The maximum atomic E-state index is 9.50. The molecule has 1 aliphatic heterocycles. The maximum Gasteiger partial charge on any atom is 0.131 e. The Kier molecular flexibility index (Phi) is 3.12. The Bertz CT molecular complexity index is 343. The largest absolute Gasteiger partial charge is 0.393 e. The Morgan fingerprint density at radius 2 is 2.40 bits per heavy atom. The maximum absolute atomic E-state index is 9.50. The van der Waals surface area contributed by atoms with Gasteiger partial charge in [0.05, 0.1) is 6.10 Å². The fourth-order valence-corrected chi connectivity index (χ4v) is 2.12. The van der Waals surface area contributed by atoms with Crippen molar-refractivity contribution in [3.8, 4) is 0 Å². The van der Waals surface area contributed by atoms with Crippen LogP contribution in [-0.4, -0.2) is 29.3 Å². The van der Waals surface area contributed by atoms with E-state index < -0.39 is 0 Å². The zero-order valence-corrected chi connectivity index (χ0v) is 9.48. The van der Waals surface area contributed by atoms with Gasteiger partial charge in [-0.3, -0.25) is 0 Å². The first-order chi connectivity index (χ1) is 7.16. The number of nitrogens with zero attached hydrogens (tertiary/aromatic N) is 2. The van der Waals surface area contributed by atoms with Crippen LogP contribution in [0.25, 0.3) is 0 Å². The van der Waals surface area contributed by atoms with Crippen molar-refractivity contribution in [2.24, 2.45) is 5.92 Å². The summed E-state index contributed by atoms with van der Waals surface area (Å²) in [5.74, 6) is 1.26. The molecule has 0 radical (unpaired) electrons. The summed E-state index contributed by atoms with van der Waals surface area (Å²) in [5.41, 5.74) is 0. The lowest BCUT2D eigenvalue weighted by atomic mass is 10.0. The predicted molar refractivity (Wildman–Crippen MR) is 61.2 cm³/mol. The summed E-state index contributed by atoms with van der Waals surface area (Å²) in [6.07, 6.45) is 0.778. The zero-order valence-electron chi connectivity index (χ0n) is 8.73. The van der Waals surface area contributed by atoms with E-state index in [4.69, 9.17) is 11.6 Å². The normalized spacial score (nSPS) is 23.1. The molecule has 3 nitrogen and oxygen atoms in total. The van der Waals surface area contributed by atoms with Crippen LogP contribution in [0.2, 0.25) is 5.15 Å². The second kappa shape index (κ2) is 4.37. The molecule has 2 rings (SSSR count). The third kappa shape index (κ3) is 2.41. The molecular weight excluding hydrogens is 212 g/mol. The molecule has 2 heterocycles. The van der Waals surface area contributed by atoms with Crippen molar-refractivity contribution in [2.75, 3.05) is 18.0 Å². The molecule has 1 aliphatic rings. The van der Waals surface area contributed by atoms with E-state index in [0.29, 0.717) is 11.1 Å². The first-order valence-electron chi connectivity index (χ1n) is 5.22. The lowest BCUT2D eigenvalue weighted by Crippen LogP contribution is -2.24. The molecule has 1 fully saturated rings. The predicted octanol–water partition coefficient (Wildman–Crippen LogP) is 1.94. The summed E-state index contributed by atoms with van der Waals surface area (Å²) in [6.45, 7) is 3.66. The number of pyridine rings is 1. The van der Waals surface area contributed by atoms with Crippen molar-refractivity contribution >= 4 is 17.4 Å². The molecule has 0 amide bonds. The van der Waals surface area contributed by atoms with Gasteiger partial charge in [0.25, 0.3) is 0 Å². The Morgan fingerprint density at radius 3 is 3.00 bits per heavy atom. The van der Waals surface area contributed by atoms with E-state index in [1.807, 2.05) is 19.1 Å². The smallest absolute Gasteiger partial charge is 0.131 e. The van der Waals surface area contributed by atoms with Gasteiger partial charge in [0, 0.05) is 19.0 Å². The Hall–Kier alpha value is -0.800. The highest BCUT2D eigenvalue weighted by molar-refractivity contribution is 6.29. The van der Waals surface area contributed by atoms with E-state index in [2.05, 4.69) is 9.88 Å². The van der Waals surface area contributed by atoms with E-state index in [-0.39, 0.29) is 6.10 Å². The van der Waals surface area contributed by atoms with Crippen LogP contribution in [0.5, 0.6) is 0 Å². The minimum absolute atomic E-state index is 0.241. The van der Waals surface area contributed by atoms with Crippen LogP contribution < -0.4 is 4.90 Å². The average Bonchev–Trinajstić information content (AvgIpc) is 2.66. The van der Waals surface area contributed by atoms with Gasteiger partial charge in [-0.1, -0.05) is 17.7 Å². The number of aliphatic hydroxyl groups excluding tert-OH is 1. The minimum Gasteiger partial charge on any atom is -0.393 e. The van der Waals surface area contributed by atoms with Crippen LogP contribution in [0.4, 0.5) is 5.82 Å². The lowest BCUT2D eigenvalue weighted by Gasteiger charge is -2.18. The van der Waals surface area contributed by atoms with Gasteiger partial charge >= 0.3 is 0 Å². The number of halogens is 1. The van der Waals surface area contributed by atoms with Crippen molar-refractivity contribution in [1.29, 1.82) is 0 Å². The quantitative estimate of drug-likeness (QED) is 0.784. The summed E-state index contributed by atoms with van der Waals surface area (Å²) in [6, 6.07) is 5.63. The van der Waals surface area contributed by atoms with Crippen molar-refractivity contribution in [3.05, 3.63) is 23.4 Å². The Balaban J connectivity index is 2.08. The van der Waals surface area contributed by atoms with Gasteiger partial charge in [0.2, 0.25) is 0 Å². The first-order valence-corrected chi connectivity index (χ1v) is 5.60. The molecule has 0 aromatic carbocycles. The molecule has 1 N–H and O–H groups in total. The molecule has 0 bridgehead atoms. The molecule has 1 aromatic heterocycles. The van der Waals surface area contributed by atoms with Gasteiger partial charge in [-0.25, -0.2) is 4.98 Å². The highest BCUT2D eigenvalue weighted by atomic mass is 35.5. The molecule has 0 aliphatic carbocycles. The monoisotopic (exact) mass is 226 g/mol. The first kappa shape index (κ1) is 10.7. The molecule has 2 atom stereocenters. The van der Waals surface area contributed by atoms with E-state index in [0.717, 1.165) is 25.3 Å². The van der Waals surface area contributed by atoms with Crippen molar-refractivity contribution < 1.29 is 5.11 Å². The van der Waals surface area contributed by atoms with Crippen LogP contribution in [-0.2, 0) is 0 Å². The van der Waals surface area contributed by atoms with Gasteiger partial charge in [-0.15, -0.1) is 0 Å². The number of hydrogen-bond donors (Lipinski definition) is 1. The van der Waals surface area contributed by atoms with Crippen molar-refractivity contribution in [2.45, 2.75) is 19.4 Å². The van der Waals surface area contributed by atoms with Crippen LogP contribution in [0.15, 0.2) is 18.2 Å². The summed E-state index contributed by atoms with van der Waals surface area (Å²) in [5, 5.41) is 10.0. The molecule has 15 heavy (non-hydrogen) atoms. The molecular formula is C11H15ClN2O. The van der Waals surface area contributed by atoms with E-state index >= 15 is 0 Å². The third-order valence-electron chi connectivity index (χ3n) is 2.93. The number of anilines is 1. The van der Waals surface area contributed by atoms with E-state index in [1.165, 1.54) is 0 Å². The third-order valence-corrected chi connectivity index (χ3v) is 3.14. The minimum atomic E-state index is -0.241. The Labute approximate surface area is 94.7 Å². The molecule has 0 spiro atoms. The highest BCUT2D eigenvalue weighted by Crippen LogP contribution is 2.24. The molecule has 82 valence electrons. The number of aliphatic hydroxyl groups is 1. The van der Waals surface area contributed by atoms with Gasteiger partial charge in [0.1, 0.15) is 11.0 Å². The standard InChI is InChI=1S/C11H15ClN2O/c1-8(15)9-5-6-14(7-9)11-4-2-3-10(12)13-11/h2-4,8-9,15H,5-7H2,1H3. The summed E-state index contributed by atoms with van der Waals surface area (Å²) >= 11 is 5.84. The topological polar surface area (TPSA) is 36.4 Å². The second-order valence-electron chi connectivity index (χ2n) is 4.05. The number of rotatable bonds is 2. The van der Waals surface area contributed by atoms with Crippen molar-refractivity contribution in [3.63, 3.8) is 0 Å². The lowest BCUT2D eigenvalue weighted by molar-refractivity contribution is 0.136. The fraction of sp³-hybridized carbons (Fsp3) is 0.545. The SMILES string of the molecule is CC(O)C1CCN(c2cccc(Cl)n2)C1. The summed E-state index contributed by atoms with van der Waals surface area (Å²) < 4.78 is 0. The van der Waals surface area contributed by atoms with Crippen LogP contribution >= 0.6 is 11.6 Å². The molecule has 0 saturated carbocycles. The molecule has 1 saturated heterocycles. The van der Waals surface area contributed by atoms with Crippen LogP contribution in [0, 0.1) is 5.92 Å². The fourth-order valence-electron chi connectivity index (χ4n) is 1.96. The van der Waals surface area contributed by atoms with Gasteiger partial charge in [-0.2, -0.15) is 0 Å². The van der Waals surface area contributed by atoms with Gasteiger partial charge in [0.15, 0.2) is 0 Å². The number of aromatic nitrogens is 1. The highest BCUT2D eigenvalue weighted by Gasteiger charge is 2.26. The molecule has 4 heteroatoms.